The van der Waals surface area contributed by atoms with Gasteiger partial charge in [0.1, 0.15) is 0 Å². The van der Waals surface area contributed by atoms with E-state index < -0.39 is 11.7 Å². The molecule has 0 aromatic heterocycles. The van der Waals surface area contributed by atoms with Crippen molar-refractivity contribution in [2.24, 2.45) is 0 Å². The van der Waals surface area contributed by atoms with Gasteiger partial charge in [0.25, 0.3) is 5.91 Å². The minimum atomic E-state index is -4.43. The summed E-state index contributed by atoms with van der Waals surface area (Å²) in [6, 6.07) is 4.59. The Kier molecular flexibility index (Phi) is 3.80. The van der Waals surface area contributed by atoms with Gasteiger partial charge in [-0.3, -0.25) is 4.79 Å². The van der Waals surface area contributed by atoms with Gasteiger partial charge in [0, 0.05) is 25.2 Å². The first-order valence-electron chi connectivity index (χ1n) is 6.05. The van der Waals surface area contributed by atoms with E-state index >= 15 is 0 Å². The molecule has 6 heteroatoms. The molecule has 1 aliphatic heterocycles. The van der Waals surface area contributed by atoms with Gasteiger partial charge in [-0.15, -0.1) is 0 Å². The lowest BCUT2D eigenvalue weighted by molar-refractivity contribution is -0.137. The lowest BCUT2D eigenvalue weighted by Crippen LogP contribution is -2.38. The second-order valence-electron chi connectivity index (χ2n) is 4.64. The Hall–Kier alpha value is -1.56. The Labute approximate surface area is 109 Å². The largest absolute Gasteiger partial charge is 0.416 e. The van der Waals surface area contributed by atoms with Crippen LogP contribution in [0.4, 0.5) is 13.2 Å². The predicted molar refractivity (Wildman–Crippen MR) is 64.8 cm³/mol. The maximum Gasteiger partial charge on any atom is 0.416 e. The Balaban J connectivity index is 2.19. The van der Waals surface area contributed by atoms with Crippen molar-refractivity contribution < 1.29 is 18.0 Å². The third-order valence-corrected chi connectivity index (χ3v) is 3.34. The fourth-order valence-corrected chi connectivity index (χ4v) is 2.17. The van der Waals surface area contributed by atoms with Crippen LogP contribution in [-0.4, -0.2) is 37.0 Å². The van der Waals surface area contributed by atoms with Gasteiger partial charge in [-0.05, 0) is 31.2 Å². The van der Waals surface area contributed by atoms with Gasteiger partial charge in [-0.1, -0.05) is 6.07 Å². The lowest BCUT2D eigenvalue weighted by Gasteiger charge is -2.24. The van der Waals surface area contributed by atoms with Gasteiger partial charge in [-0.2, -0.15) is 13.2 Å². The molecule has 0 radical (unpaired) electrons. The number of nitrogens with one attached hydrogen (secondary N) is 1. The maximum atomic E-state index is 12.6. The third-order valence-electron chi connectivity index (χ3n) is 3.34. The van der Waals surface area contributed by atoms with E-state index in [1.54, 1.807) is 7.05 Å². The molecule has 1 heterocycles. The molecule has 1 saturated heterocycles. The number of rotatable bonds is 2. The summed E-state index contributed by atoms with van der Waals surface area (Å²) in [5.41, 5.74) is -0.722. The maximum absolute atomic E-state index is 12.6. The Morgan fingerprint density at radius 3 is 2.74 bits per heavy atom. The van der Waals surface area contributed by atoms with Gasteiger partial charge in [0.05, 0.1) is 5.56 Å². The van der Waals surface area contributed by atoms with Gasteiger partial charge < -0.3 is 10.2 Å². The molecule has 2 rings (SSSR count). The molecule has 1 aromatic carbocycles. The molecule has 1 fully saturated rings. The summed E-state index contributed by atoms with van der Waals surface area (Å²) in [5.74, 6) is -0.375. The second-order valence-corrected chi connectivity index (χ2v) is 4.64. The molecular weight excluding hydrogens is 257 g/mol. The Morgan fingerprint density at radius 1 is 1.42 bits per heavy atom. The molecule has 1 N–H and O–H groups in total. The number of carbonyl (C=O) groups is 1. The Bertz CT molecular complexity index is 467. The van der Waals surface area contributed by atoms with Crippen LogP contribution in [0.5, 0.6) is 0 Å². The minimum Gasteiger partial charge on any atom is -0.337 e. The van der Waals surface area contributed by atoms with E-state index in [4.69, 9.17) is 0 Å². The molecule has 0 saturated carbocycles. The number of carbonyl (C=O) groups excluding carboxylic acids is 1. The van der Waals surface area contributed by atoms with Crippen LogP contribution in [0.3, 0.4) is 0 Å². The van der Waals surface area contributed by atoms with Crippen molar-refractivity contribution in [3.05, 3.63) is 35.4 Å². The Morgan fingerprint density at radius 2 is 2.16 bits per heavy atom. The van der Waals surface area contributed by atoms with E-state index in [2.05, 4.69) is 5.32 Å². The summed E-state index contributed by atoms with van der Waals surface area (Å²) in [4.78, 5) is 13.7. The average Bonchev–Trinajstić information content (AvgIpc) is 2.90. The second kappa shape index (κ2) is 5.21. The highest BCUT2D eigenvalue weighted by molar-refractivity contribution is 5.94. The lowest BCUT2D eigenvalue weighted by atomic mass is 10.1. The summed E-state index contributed by atoms with van der Waals surface area (Å²) < 4.78 is 37.8. The number of hydrogen-bond donors (Lipinski definition) is 1. The van der Waals surface area contributed by atoms with Gasteiger partial charge in [-0.25, -0.2) is 0 Å². The van der Waals surface area contributed by atoms with Crippen LogP contribution in [-0.2, 0) is 6.18 Å². The van der Waals surface area contributed by atoms with Crippen LogP contribution >= 0.6 is 0 Å². The molecule has 19 heavy (non-hydrogen) atoms. The van der Waals surface area contributed by atoms with Crippen molar-refractivity contribution in [2.75, 3.05) is 20.1 Å². The highest BCUT2D eigenvalue weighted by Gasteiger charge is 2.31. The number of halogens is 3. The van der Waals surface area contributed by atoms with Gasteiger partial charge >= 0.3 is 6.18 Å². The van der Waals surface area contributed by atoms with Crippen molar-refractivity contribution in [2.45, 2.75) is 18.6 Å². The summed E-state index contributed by atoms with van der Waals surface area (Å²) in [5, 5.41) is 3.12. The third kappa shape index (κ3) is 3.07. The fourth-order valence-electron chi connectivity index (χ4n) is 2.17. The molecule has 3 nitrogen and oxygen atoms in total. The molecule has 1 aliphatic rings. The molecule has 1 aromatic rings. The zero-order chi connectivity index (χ0) is 14.0. The summed E-state index contributed by atoms with van der Waals surface area (Å²) in [7, 11) is 1.63. The number of nitrogens with zero attached hydrogens (tertiary/aromatic N) is 1. The number of alkyl halides is 3. The first kappa shape index (κ1) is 13.9. The quantitative estimate of drug-likeness (QED) is 0.894. The molecule has 1 atom stereocenters. The number of amides is 1. The van der Waals surface area contributed by atoms with E-state index in [-0.39, 0.29) is 17.5 Å². The van der Waals surface area contributed by atoms with Gasteiger partial charge in [0.15, 0.2) is 0 Å². The predicted octanol–water partition coefficient (Wildman–Crippen LogP) is 2.14. The topological polar surface area (TPSA) is 32.3 Å². The van der Waals surface area contributed by atoms with Crippen LogP contribution in [0.25, 0.3) is 0 Å². The molecule has 104 valence electrons. The van der Waals surface area contributed by atoms with Crippen molar-refractivity contribution in [3.63, 3.8) is 0 Å². The first-order valence-corrected chi connectivity index (χ1v) is 6.05. The van der Waals surface area contributed by atoms with Crippen LogP contribution in [0.1, 0.15) is 22.3 Å². The van der Waals surface area contributed by atoms with E-state index in [1.165, 1.54) is 17.0 Å². The smallest absolute Gasteiger partial charge is 0.337 e. The molecule has 1 amide bonds. The highest BCUT2D eigenvalue weighted by atomic mass is 19.4. The number of hydrogen-bond acceptors (Lipinski definition) is 2. The minimum absolute atomic E-state index is 0.0436. The standard InChI is InChI=1S/C13H15F3N2O/c1-18(11-5-6-17-8-11)12(19)9-3-2-4-10(7-9)13(14,15)16/h2-4,7,11,17H,5-6,8H2,1H3. The SMILES string of the molecule is CN(C(=O)c1cccc(C(F)(F)F)c1)C1CCNC1. The van der Waals surface area contributed by atoms with Gasteiger partial charge in [0.2, 0.25) is 0 Å². The highest BCUT2D eigenvalue weighted by Crippen LogP contribution is 2.29. The number of benzene rings is 1. The van der Waals surface area contributed by atoms with E-state index in [9.17, 15) is 18.0 Å². The van der Waals surface area contributed by atoms with Crippen LogP contribution in [0, 0.1) is 0 Å². The van der Waals surface area contributed by atoms with E-state index in [1.807, 2.05) is 0 Å². The van der Waals surface area contributed by atoms with Crippen molar-refractivity contribution in [1.82, 2.24) is 10.2 Å². The zero-order valence-corrected chi connectivity index (χ0v) is 10.5. The van der Waals surface area contributed by atoms with Crippen molar-refractivity contribution in [1.29, 1.82) is 0 Å². The van der Waals surface area contributed by atoms with Crippen LogP contribution < -0.4 is 5.32 Å². The summed E-state index contributed by atoms with van der Waals surface area (Å²) in [6.07, 6.45) is -3.61. The number of likely N-dealkylation sites (N-methyl/N-ethyl adjacent to an activating group) is 1. The van der Waals surface area contributed by atoms with Crippen LogP contribution in [0.2, 0.25) is 0 Å². The fraction of sp³-hybridized carbons (Fsp3) is 0.462. The summed E-state index contributed by atoms with van der Waals surface area (Å²) in [6.45, 7) is 1.51. The normalized spacial score (nSPS) is 19.5. The molecule has 1 unspecified atom stereocenters. The van der Waals surface area contributed by atoms with Crippen LogP contribution in [0.15, 0.2) is 24.3 Å². The molecule has 0 bridgehead atoms. The van der Waals surface area contributed by atoms with E-state index in [0.717, 1.165) is 25.1 Å². The monoisotopic (exact) mass is 272 g/mol. The first-order chi connectivity index (χ1) is 8.89. The van der Waals surface area contributed by atoms with Crippen molar-refractivity contribution in [3.8, 4) is 0 Å². The molecule has 0 spiro atoms. The molecular formula is C13H15F3N2O. The molecule has 0 aliphatic carbocycles. The summed E-state index contributed by atoms with van der Waals surface area (Å²) >= 11 is 0. The zero-order valence-electron chi connectivity index (χ0n) is 10.5. The average molecular weight is 272 g/mol. The van der Waals surface area contributed by atoms with Crippen molar-refractivity contribution >= 4 is 5.91 Å². The van der Waals surface area contributed by atoms with E-state index in [0.29, 0.717) is 6.54 Å².